The van der Waals surface area contributed by atoms with Crippen molar-refractivity contribution in [3.05, 3.63) is 65.4 Å². The van der Waals surface area contributed by atoms with E-state index in [0.717, 1.165) is 38.0 Å². The third-order valence-corrected chi connectivity index (χ3v) is 4.74. The number of hydrogen-bond acceptors (Lipinski definition) is 2. The Bertz CT molecular complexity index is 853. The number of likely N-dealkylation sites (N-methyl/N-ethyl adjacent to an activating group) is 1. The fourth-order valence-corrected chi connectivity index (χ4v) is 3.62. The van der Waals surface area contributed by atoms with Crippen LogP contribution in [0.3, 0.4) is 0 Å². The highest BCUT2D eigenvalue weighted by atomic mass is 19.1. The molecule has 0 N–H and O–H groups in total. The van der Waals surface area contributed by atoms with Crippen molar-refractivity contribution in [2.75, 3.05) is 13.6 Å². The van der Waals surface area contributed by atoms with Gasteiger partial charge in [-0.2, -0.15) is 0 Å². The van der Waals surface area contributed by atoms with E-state index in [4.69, 9.17) is 0 Å². The Balaban J connectivity index is 1.72. The highest BCUT2D eigenvalue weighted by molar-refractivity contribution is 5.85. The van der Waals surface area contributed by atoms with Gasteiger partial charge in [0, 0.05) is 48.8 Å². The Morgan fingerprint density at radius 2 is 2.09 bits per heavy atom. The van der Waals surface area contributed by atoms with Crippen LogP contribution in [0.5, 0.6) is 0 Å². The number of halogens is 1. The molecule has 23 heavy (non-hydrogen) atoms. The van der Waals surface area contributed by atoms with Crippen molar-refractivity contribution in [3.8, 4) is 0 Å². The summed E-state index contributed by atoms with van der Waals surface area (Å²) < 4.78 is 15.7. The summed E-state index contributed by atoms with van der Waals surface area (Å²) >= 11 is 0. The van der Waals surface area contributed by atoms with Crippen molar-refractivity contribution < 1.29 is 4.39 Å². The van der Waals surface area contributed by atoms with Gasteiger partial charge < -0.3 is 9.47 Å². The van der Waals surface area contributed by atoms with Gasteiger partial charge in [-0.05, 0) is 36.7 Å². The predicted molar refractivity (Wildman–Crippen MR) is 89.9 cm³/mol. The second-order valence-corrected chi connectivity index (χ2v) is 6.34. The summed E-state index contributed by atoms with van der Waals surface area (Å²) in [5.41, 5.74) is 5.13. The molecule has 0 unspecified atom stereocenters. The van der Waals surface area contributed by atoms with E-state index in [1.807, 2.05) is 0 Å². The Morgan fingerprint density at radius 3 is 2.96 bits per heavy atom. The third-order valence-electron chi connectivity index (χ3n) is 4.74. The van der Waals surface area contributed by atoms with Crippen LogP contribution in [0.4, 0.5) is 4.39 Å². The first kappa shape index (κ1) is 14.4. The number of rotatable bonds is 3. The Hall–Kier alpha value is -2.20. The zero-order chi connectivity index (χ0) is 15.8. The molecule has 0 spiro atoms. The molecule has 118 valence electrons. The van der Waals surface area contributed by atoms with Gasteiger partial charge in [-0.15, -0.1) is 0 Å². The summed E-state index contributed by atoms with van der Waals surface area (Å²) in [6.07, 6.45) is 4.88. The van der Waals surface area contributed by atoms with Crippen LogP contribution in [-0.4, -0.2) is 28.0 Å². The minimum Gasteiger partial charge on any atom is -0.344 e. The SMILES string of the molecule is CN1CCc2c(c3ccccc3n2CCc2cncc(F)c2)C1. The van der Waals surface area contributed by atoms with Crippen LogP contribution in [-0.2, 0) is 25.9 Å². The molecule has 0 atom stereocenters. The van der Waals surface area contributed by atoms with Crippen LogP contribution in [0.1, 0.15) is 16.8 Å². The number of aryl methyl sites for hydroxylation is 2. The molecule has 1 aromatic carbocycles. The van der Waals surface area contributed by atoms with Crippen molar-refractivity contribution in [3.63, 3.8) is 0 Å². The molecule has 0 fully saturated rings. The van der Waals surface area contributed by atoms with E-state index in [0.29, 0.717) is 0 Å². The van der Waals surface area contributed by atoms with Crippen LogP contribution in [0.15, 0.2) is 42.7 Å². The van der Waals surface area contributed by atoms with Crippen LogP contribution in [0.25, 0.3) is 10.9 Å². The van der Waals surface area contributed by atoms with Crippen LogP contribution in [0, 0.1) is 5.82 Å². The van der Waals surface area contributed by atoms with Gasteiger partial charge in [0.1, 0.15) is 5.82 Å². The molecule has 4 rings (SSSR count). The Kier molecular flexibility index (Phi) is 3.62. The monoisotopic (exact) mass is 309 g/mol. The summed E-state index contributed by atoms with van der Waals surface area (Å²) in [5.74, 6) is -0.261. The molecule has 3 aromatic rings. The molecule has 0 saturated carbocycles. The number of pyridine rings is 1. The van der Waals surface area contributed by atoms with Gasteiger partial charge in [0.15, 0.2) is 0 Å². The summed E-state index contributed by atoms with van der Waals surface area (Å²) in [5, 5.41) is 1.35. The highest BCUT2D eigenvalue weighted by Gasteiger charge is 2.21. The van der Waals surface area contributed by atoms with Gasteiger partial charge in [0.25, 0.3) is 0 Å². The van der Waals surface area contributed by atoms with E-state index in [-0.39, 0.29) is 5.82 Å². The number of hydrogen-bond donors (Lipinski definition) is 0. The van der Waals surface area contributed by atoms with Crippen molar-refractivity contribution >= 4 is 10.9 Å². The summed E-state index contributed by atoms with van der Waals surface area (Å²) in [4.78, 5) is 6.32. The molecule has 1 aliphatic rings. The zero-order valence-electron chi connectivity index (χ0n) is 13.3. The van der Waals surface area contributed by atoms with Gasteiger partial charge in [-0.25, -0.2) is 4.39 Å². The maximum atomic E-state index is 13.3. The fourth-order valence-electron chi connectivity index (χ4n) is 3.62. The molecule has 0 bridgehead atoms. The average molecular weight is 309 g/mol. The molecule has 0 radical (unpaired) electrons. The maximum absolute atomic E-state index is 13.3. The van der Waals surface area contributed by atoms with Gasteiger partial charge in [0.05, 0.1) is 6.20 Å². The fraction of sp³-hybridized carbons (Fsp3) is 0.316. The van der Waals surface area contributed by atoms with Gasteiger partial charge in [0.2, 0.25) is 0 Å². The quantitative estimate of drug-likeness (QED) is 0.739. The standard InChI is InChI=1S/C19H20FN3/c1-22-8-7-19-17(13-22)16-4-2-3-5-18(16)23(19)9-6-14-10-15(20)12-21-11-14/h2-5,10-12H,6-9,13H2,1H3. The summed E-state index contributed by atoms with van der Waals surface area (Å²) in [6, 6.07) is 10.2. The van der Waals surface area contributed by atoms with Gasteiger partial charge >= 0.3 is 0 Å². The van der Waals surface area contributed by atoms with Crippen LogP contribution < -0.4 is 0 Å². The van der Waals surface area contributed by atoms with Crippen molar-refractivity contribution in [2.45, 2.75) is 25.9 Å². The van der Waals surface area contributed by atoms with E-state index < -0.39 is 0 Å². The second-order valence-electron chi connectivity index (χ2n) is 6.34. The lowest BCUT2D eigenvalue weighted by molar-refractivity contribution is 0.309. The second kappa shape index (κ2) is 5.78. The number of fused-ring (bicyclic) bond motifs is 3. The minimum atomic E-state index is -0.261. The van der Waals surface area contributed by atoms with E-state index in [1.165, 1.54) is 28.4 Å². The predicted octanol–water partition coefficient (Wildman–Crippen LogP) is 3.41. The van der Waals surface area contributed by atoms with Gasteiger partial charge in [-0.3, -0.25) is 4.98 Å². The molecular weight excluding hydrogens is 289 g/mol. The summed E-state index contributed by atoms with van der Waals surface area (Å²) in [6.45, 7) is 2.96. The molecule has 2 aromatic heterocycles. The zero-order valence-corrected chi connectivity index (χ0v) is 13.3. The largest absolute Gasteiger partial charge is 0.344 e. The molecule has 0 saturated heterocycles. The first-order chi connectivity index (χ1) is 11.2. The van der Waals surface area contributed by atoms with E-state index >= 15 is 0 Å². The van der Waals surface area contributed by atoms with Crippen molar-refractivity contribution in [2.24, 2.45) is 0 Å². The Morgan fingerprint density at radius 1 is 1.22 bits per heavy atom. The first-order valence-corrected chi connectivity index (χ1v) is 8.09. The lowest BCUT2D eigenvalue weighted by Crippen LogP contribution is -2.27. The molecule has 0 aliphatic carbocycles. The van der Waals surface area contributed by atoms with Gasteiger partial charge in [-0.1, -0.05) is 18.2 Å². The third kappa shape index (κ3) is 2.63. The molecule has 1 aliphatic heterocycles. The number of aromatic nitrogens is 2. The highest BCUT2D eigenvalue weighted by Crippen LogP contribution is 2.30. The lowest BCUT2D eigenvalue weighted by Gasteiger charge is -2.24. The number of para-hydroxylation sites is 1. The topological polar surface area (TPSA) is 21.1 Å². The van der Waals surface area contributed by atoms with E-state index in [1.54, 1.807) is 12.3 Å². The number of benzene rings is 1. The molecule has 3 heterocycles. The smallest absolute Gasteiger partial charge is 0.141 e. The van der Waals surface area contributed by atoms with E-state index in [2.05, 4.69) is 45.8 Å². The van der Waals surface area contributed by atoms with Crippen molar-refractivity contribution in [1.82, 2.24) is 14.5 Å². The maximum Gasteiger partial charge on any atom is 0.141 e. The number of nitrogens with zero attached hydrogens (tertiary/aromatic N) is 3. The lowest BCUT2D eigenvalue weighted by atomic mass is 10.1. The normalized spacial score (nSPS) is 15.0. The Labute approximate surface area is 135 Å². The molecule has 3 nitrogen and oxygen atoms in total. The summed E-state index contributed by atoms with van der Waals surface area (Å²) in [7, 11) is 2.17. The van der Waals surface area contributed by atoms with Crippen LogP contribution >= 0.6 is 0 Å². The van der Waals surface area contributed by atoms with E-state index in [9.17, 15) is 4.39 Å². The van der Waals surface area contributed by atoms with Crippen LogP contribution in [0.2, 0.25) is 0 Å². The molecule has 4 heteroatoms. The molecular formula is C19H20FN3. The van der Waals surface area contributed by atoms with Crippen molar-refractivity contribution in [1.29, 1.82) is 0 Å². The average Bonchev–Trinajstić information content (AvgIpc) is 2.86. The first-order valence-electron chi connectivity index (χ1n) is 8.09. The molecule has 0 amide bonds. The minimum absolute atomic E-state index is 0.261.